The standard InChI is InChI=1S/C12H17ClN4O/c1-16(2)9-3-5-17(6-4-9)12(18)10-7-14-8-11(13)15-10/h7-9H,3-6H2,1-2H3. The van der Waals surface area contributed by atoms with Crippen molar-refractivity contribution in [2.24, 2.45) is 0 Å². The SMILES string of the molecule is CN(C)C1CCN(C(=O)c2cncc(Cl)n2)CC1. The highest BCUT2D eigenvalue weighted by Crippen LogP contribution is 2.16. The number of hydrogen-bond acceptors (Lipinski definition) is 4. The van der Waals surface area contributed by atoms with Gasteiger partial charge in [-0.15, -0.1) is 0 Å². The summed E-state index contributed by atoms with van der Waals surface area (Å²) in [4.78, 5) is 24.1. The van der Waals surface area contributed by atoms with Gasteiger partial charge in [-0.25, -0.2) is 4.98 Å². The molecule has 1 aromatic rings. The highest BCUT2D eigenvalue weighted by Gasteiger charge is 2.25. The van der Waals surface area contributed by atoms with E-state index in [0.717, 1.165) is 25.9 Å². The van der Waals surface area contributed by atoms with Crippen molar-refractivity contribution in [3.63, 3.8) is 0 Å². The number of carbonyl (C=O) groups is 1. The Bertz CT molecular complexity index is 430. The highest BCUT2D eigenvalue weighted by molar-refractivity contribution is 6.29. The highest BCUT2D eigenvalue weighted by atomic mass is 35.5. The topological polar surface area (TPSA) is 49.3 Å². The van der Waals surface area contributed by atoms with E-state index >= 15 is 0 Å². The number of likely N-dealkylation sites (tertiary alicyclic amines) is 1. The molecule has 0 N–H and O–H groups in total. The molecule has 1 saturated heterocycles. The zero-order chi connectivity index (χ0) is 13.1. The minimum absolute atomic E-state index is 0.0813. The minimum atomic E-state index is -0.0813. The Morgan fingerprint density at radius 2 is 2.06 bits per heavy atom. The fourth-order valence-corrected chi connectivity index (χ4v) is 2.34. The molecule has 6 heteroatoms. The molecule has 0 unspecified atom stereocenters. The van der Waals surface area contributed by atoms with E-state index in [4.69, 9.17) is 11.6 Å². The Morgan fingerprint density at radius 1 is 1.39 bits per heavy atom. The predicted octanol–water partition coefficient (Wildman–Crippen LogP) is 1.30. The quantitative estimate of drug-likeness (QED) is 0.811. The normalized spacial score (nSPS) is 17.2. The van der Waals surface area contributed by atoms with Crippen LogP contribution in [0.3, 0.4) is 0 Å². The number of piperidine rings is 1. The minimum Gasteiger partial charge on any atom is -0.337 e. The van der Waals surface area contributed by atoms with Crippen LogP contribution in [0.4, 0.5) is 0 Å². The molecule has 98 valence electrons. The van der Waals surface area contributed by atoms with Crippen LogP contribution in [0.25, 0.3) is 0 Å². The van der Waals surface area contributed by atoms with Crippen LogP contribution >= 0.6 is 11.6 Å². The number of halogens is 1. The second-order valence-corrected chi connectivity index (χ2v) is 5.10. The van der Waals surface area contributed by atoms with Gasteiger partial charge in [-0.1, -0.05) is 11.6 Å². The maximum Gasteiger partial charge on any atom is 0.274 e. The van der Waals surface area contributed by atoms with Crippen molar-refractivity contribution in [3.05, 3.63) is 23.2 Å². The van der Waals surface area contributed by atoms with E-state index in [9.17, 15) is 4.79 Å². The number of aromatic nitrogens is 2. The van der Waals surface area contributed by atoms with Gasteiger partial charge in [0.25, 0.3) is 5.91 Å². The summed E-state index contributed by atoms with van der Waals surface area (Å²) >= 11 is 5.74. The van der Waals surface area contributed by atoms with Gasteiger partial charge in [-0.05, 0) is 26.9 Å². The molecule has 0 aromatic carbocycles. The van der Waals surface area contributed by atoms with E-state index in [-0.39, 0.29) is 11.1 Å². The van der Waals surface area contributed by atoms with E-state index < -0.39 is 0 Å². The van der Waals surface area contributed by atoms with Crippen LogP contribution in [0.5, 0.6) is 0 Å². The van der Waals surface area contributed by atoms with Gasteiger partial charge in [0.05, 0.1) is 12.4 Å². The Balaban J connectivity index is 1.99. The number of carbonyl (C=O) groups excluding carboxylic acids is 1. The molecule has 1 amide bonds. The van der Waals surface area contributed by atoms with Crippen LogP contribution in [-0.4, -0.2) is 58.9 Å². The van der Waals surface area contributed by atoms with Crippen molar-refractivity contribution in [2.75, 3.05) is 27.2 Å². The molecule has 1 aliphatic rings. The molecule has 0 atom stereocenters. The van der Waals surface area contributed by atoms with E-state index in [2.05, 4.69) is 29.0 Å². The van der Waals surface area contributed by atoms with Crippen molar-refractivity contribution in [1.29, 1.82) is 0 Å². The van der Waals surface area contributed by atoms with Crippen LogP contribution in [0.2, 0.25) is 5.15 Å². The molecule has 0 bridgehead atoms. The third kappa shape index (κ3) is 2.97. The first-order valence-corrected chi connectivity index (χ1v) is 6.39. The van der Waals surface area contributed by atoms with Crippen LogP contribution in [-0.2, 0) is 0 Å². The Labute approximate surface area is 112 Å². The van der Waals surface area contributed by atoms with Crippen LogP contribution < -0.4 is 0 Å². The number of hydrogen-bond donors (Lipinski definition) is 0. The molecule has 1 fully saturated rings. The number of nitrogens with zero attached hydrogens (tertiary/aromatic N) is 4. The van der Waals surface area contributed by atoms with Crippen molar-refractivity contribution >= 4 is 17.5 Å². The molecule has 1 aromatic heterocycles. The molecule has 18 heavy (non-hydrogen) atoms. The summed E-state index contributed by atoms with van der Waals surface area (Å²) < 4.78 is 0. The third-order valence-electron chi connectivity index (χ3n) is 3.31. The molecule has 2 rings (SSSR count). The lowest BCUT2D eigenvalue weighted by molar-refractivity contribution is 0.0657. The van der Waals surface area contributed by atoms with Crippen molar-refractivity contribution in [1.82, 2.24) is 19.8 Å². The molecule has 2 heterocycles. The molecule has 1 aliphatic heterocycles. The number of amides is 1. The van der Waals surface area contributed by atoms with Gasteiger partial charge < -0.3 is 9.80 Å². The summed E-state index contributed by atoms with van der Waals surface area (Å²) in [6, 6.07) is 0.555. The molecular formula is C12H17ClN4O. The Morgan fingerprint density at radius 3 is 2.61 bits per heavy atom. The lowest BCUT2D eigenvalue weighted by Gasteiger charge is -2.34. The van der Waals surface area contributed by atoms with Gasteiger partial charge in [0.2, 0.25) is 0 Å². The van der Waals surface area contributed by atoms with E-state index in [1.54, 1.807) is 0 Å². The van der Waals surface area contributed by atoms with Gasteiger partial charge in [0.1, 0.15) is 10.8 Å². The zero-order valence-corrected chi connectivity index (χ0v) is 11.4. The van der Waals surface area contributed by atoms with Gasteiger partial charge in [-0.2, -0.15) is 0 Å². The largest absolute Gasteiger partial charge is 0.337 e. The summed E-state index contributed by atoms with van der Waals surface area (Å²) in [5.74, 6) is -0.0813. The maximum atomic E-state index is 12.2. The van der Waals surface area contributed by atoms with Gasteiger partial charge in [0, 0.05) is 19.1 Å². The summed E-state index contributed by atoms with van der Waals surface area (Å²) in [5.41, 5.74) is 0.325. The predicted molar refractivity (Wildman–Crippen MR) is 69.7 cm³/mol. The first-order valence-electron chi connectivity index (χ1n) is 6.01. The summed E-state index contributed by atoms with van der Waals surface area (Å²) in [6.45, 7) is 1.52. The fraction of sp³-hybridized carbons (Fsp3) is 0.583. The summed E-state index contributed by atoms with van der Waals surface area (Å²) in [7, 11) is 4.15. The van der Waals surface area contributed by atoms with E-state index in [0.29, 0.717) is 11.7 Å². The monoisotopic (exact) mass is 268 g/mol. The fourth-order valence-electron chi connectivity index (χ4n) is 2.19. The van der Waals surface area contributed by atoms with Crippen molar-refractivity contribution < 1.29 is 4.79 Å². The second-order valence-electron chi connectivity index (χ2n) is 4.71. The Kier molecular flexibility index (Phi) is 4.14. The van der Waals surface area contributed by atoms with Crippen molar-refractivity contribution in [3.8, 4) is 0 Å². The van der Waals surface area contributed by atoms with Crippen LogP contribution in [0.15, 0.2) is 12.4 Å². The lowest BCUT2D eigenvalue weighted by Crippen LogP contribution is -2.44. The lowest BCUT2D eigenvalue weighted by atomic mass is 10.0. The Hall–Kier alpha value is -1.20. The molecular weight excluding hydrogens is 252 g/mol. The molecule has 0 radical (unpaired) electrons. The molecule has 0 saturated carbocycles. The smallest absolute Gasteiger partial charge is 0.274 e. The van der Waals surface area contributed by atoms with Gasteiger partial charge in [-0.3, -0.25) is 9.78 Å². The third-order valence-corrected chi connectivity index (χ3v) is 3.49. The molecule has 5 nitrogen and oxygen atoms in total. The van der Waals surface area contributed by atoms with Crippen LogP contribution in [0.1, 0.15) is 23.3 Å². The van der Waals surface area contributed by atoms with E-state index in [1.807, 2.05) is 4.90 Å². The molecule has 0 spiro atoms. The maximum absolute atomic E-state index is 12.2. The average Bonchev–Trinajstić information content (AvgIpc) is 2.38. The summed E-state index contributed by atoms with van der Waals surface area (Å²) in [5, 5.41) is 0.254. The first kappa shape index (κ1) is 13.2. The van der Waals surface area contributed by atoms with Crippen molar-refractivity contribution in [2.45, 2.75) is 18.9 Å². The number of rotatable bonds is 2. The van der Waals surface area contributed by atoms with Gasteiger partial charge >= 0.3 is 0 Å². The summed E-state index contributed by atoms with van der Waals surface area (Å²) in [6.07, 6.45) is 4.88. The average molecular weight is 269 g/mol. The zero-order valence-electron chi connectivity index (χ0n) is 10.6. The van der Waals surface area contributed by atoms with E-state index in [1.165, 1.54) is 12.4 Å². The van der Waals surface area contributed by atoms with Gasteiger partial charge in [0.15, 0.2) is 0 Å². The first-order chi connectivity index (χ1) is 8.58. The van der Waals surface area contributed by atoms with Crippen LogP contribution in [0, 0.1) is 0 Å². The second kappa shape index (κ2) is 5.63. The molecule has 0 aliphatic carbocycles.